The molecule has 0 saturated carbocycles. The van der Waals surface area contributed by atoms with E-state index in [2.05, 4.69) is 16.0 Å². The standard InChI is InChI=1S/C30H53N3O8/c1-11-14-15-16-21(32-27(37)40-29(5,6)7)23-20(26(35)36)17-22(39-19(12-2)13-3)24(31-18(4)34)25(23)33-28(38)41-30(8,9)10/h17,19,21-25H,11-16H2,1-10H3,(H,31,34)(H,32,37)(H,33,38)(H,35,36)/t21?,22-,23?,24?,25+/m1/s1. The highest BCUT2D eigenvalue weighted by Crippen LogP contribution is 2.34. The van der Waals surface area contributed by atoms with Gasteiger partial charge in [0.1, 0.15) is 11.2 Å². The number of hydrogen-bond acceptors (Lipinski definition) is 7. The maximum Gasteiger partial charge on any atom is 0.407 e. The summed E-state index contributed by atoms with van der Waals surface area (Å²) in [6.45, 7) is 17.7. The zero-order chi connectivity index (χ0) is 31.5. The van der Waals surface area contributed by atoms with E-state index in [0.29, 0.717) is 25.7 Å². The minimum atomic E-state index is -1.21. The molecule has 0 aromatic heterocycles. The van der Waals surface area contributed by atoms with Gasteiger partial charge in [0.25, 0.3) is 0 Å². The third-order valence-corrected chi connectivity index (χ3v) is 6.65. The molecule has 0 aromatic rings. The predicted molar refractivity (Wildman–Crippen MR) is 157 cm³/mol. The average Bonchev–Trinajstić information content (AvgIpc) is 2.80. The number of carbonyl (C=O) groups is 4. The summed E-state index contributed by atoms with van der Waals surface area (Å²) in [5.74, 6) is -2.53. The summed E-state index contributed by atoms with van der Waals surface area (Å²) in [6.07, 6.45) is 3.17. The molecule has 236 valence electrons. The SMILES string of the molecule is CCCCCC(NC(=O)OC(C)(C)C)C1C(C(=O)O)=C[C@@H](OC(CC)CC)C(NC(C)=O)[C@H]1NC(=O)OC(C)(C)C. The van der Waals surface area contributed by atoms with Crippen LogP contribution in [0.15, 0.2) is 11.6 Å². The van der Waals surface area contributed by atoms with Gasteiger partial charge in [0, 0.05) is 24.5 Å². The Morgan fingerprint density at radius 2 is 1.44 bits per heavy atom. The fraction of sp³-hybridized carbons (Fsp3) is 0.800. The number of hydrogen-bond donors (Lipinski definition) is 4. The van der Waals surface area contributed by atoms with Crippen molar-refractivity contribution in [2.24, 2.45) is 5.92 Å². The summed E-state index contributed by atoms with van der Waals surface area (Å²) in [4.78, 5) is 51.3. The number of carboxylic acid groups (broad SMARTS) is 1. The molecule has 0 bridgehead atoms. The van der Waals surface area contributed by atoms with Gasteiger partial charge in [0.2, 0.25) is 5.91 Å². The molecule has 0 aliphatic heterocycles. The van der Waals surface area contributed by atoms with Crippen molar-refractivity contribution in [3.63, 3.8) is 0 Å². The summed E-state index contributed by atoms with van der Waals surface area (Å²) in [5, 5.41) is 19.0. The number of ether oxygens (including phenoxy) is 3. The third-order valence-electron chi connectivity index (χ3n) is 6.65. The first-order chi connectivity index (χ1) is 18.9. The number of amides is 3. The molecule has 4 N–H and O–H groups in total. The van der Waals surface area contributed by atoms with E-state index in [9.17, 15) is 24.3 Å². The number of aliphatic carboxylic acids is 1. The van der Waals surface area contributed by atoms with Crippen LogP contribution in [0.3, 0.4) is 0 Å². The zero-order valence-corrected chi connectivity index (χ0v) is 26.6. The Morgan fingerprint density at radius 3 is 1.90 bits per heavy atom. The van der Waals surface area contributed by atoms with Gasteiger partial charge in [-0.05, 0) is 66.9 Å². The minimum absolute atomic E-state index is 0.0267. The Labute approximate surface area is 245 Å². The second-order valence-electron chi connectivity index (χ2n) is 12.6. The van der Waals surface area contributed by atoms with Crippen molar-refractivity contribution in [2.45, 2.75) is 149 Å². The highest BCUT2D eigenvalue weighted by molar-refractivity contribution is 5.88. The zero-order valence-electron chi connectivity index (χ0n) is 26.6. The van der Waals surface area contributed by atoms with Crippen LogP contribution in [0.25, 0.3) is 0 Å². The van der Waals surface area contributed by atoms with E-state index in [1.807, 2.05) is 20.8 Å². The molecule has 5 atom stereocenters. The molecule has 11 nitrogen and oxygen atoms in total. The van der Waals surface area contributed by atoms with E-state index < -0.39 is 59.5 Å². The van der Waals surface area contributed by atoms with Crippen molar-refractivity contribution < 1.29 is 38.5 Å². The number of alkyl carbamates (subject to hydrolysis) is 2. The molecule has 1 rings (SSSR count). The normalized spacial score (nSPS) is 21.9. The highest BCUT2D eigenvalue weighted by atomic mass is 16.6. The van der Waals surface area contributed by atoms with Gasteiger partial charge in [-0.1, -0.05) is 40.0 Å². The molecule has 1 aliphatic rings. The number of rotatable bonds is 13. The topological polar surface area (TPSA) is 152 Å². The quantitative estimate of drug-likeness (QED) is 0.219. The lowest BCUT2D eigenvalue weighted by atomic mass is 9.73. The van der Waals surface area contributed by atoms with Gasteiger partial charge in [0.05, 0.1) is 24.3 Å². The van der Waals surface area contributed by atoms with Crippen LogP contribution in [0.1, 0.15) is 108 Å². The van der Waals surface area contributed by atoms with Crippen molar-refractivity contribution in [1.29, 1.82) is 0 Å². The second kappa shape index (κ2) is 16.0. The summed E-state index contributed by atoms with van der Waals surface area (Å²) in [6, 6.07) is -2.59. The molecular weight excluding hydrogens is 530 g/mol. The highest BCUT2D eigenvalue weighted by Gasteiger charge is 2.48. The lowest BCUT2D eigenvalue weighted by molar-refractivity contribution is -0.134. The fourth-order valence-corrected chi connectivity index (χ4v) is 4.97. The monoisotopic (exact) mass is 583 g/mol. The van der Waals surface area contributed by atoms with Gasteiger partial charge in [0.15, 0.2) is 0 Å². The maximum atomic E-state index is 13.1. The van der Waals surface area contributed by atoms with Gasteiger partial charge in [-0.25, -0.2) is 14.4 Å². The Kier molecular flexibility index (Phi) is 14.1. The van der Waals surface area contributed by atoms with E-state index in [1.165, 1.54) is 13.0 Å². The number of carbonyl (C=O) groups excluding carboxylic acids is 3. The molecular formula is C30H53N3O8. The van der Waals surface area contributed by atoms with Gasteiger partial charge >= 0.3 is 18.2 Å². The van der Waals surface area contributed by atoms with Crippen molar-refractivity contribution in [3.8, 4) is 0 Å². The molecule has 0 heterocycles. The molecule has 0 fully saturated rings. The van der Waals surface area contributed by atoms with E-state index >= 15 is 0 Å². The molecule has 1 aliphatic carbocycles. The molecule has 0 spiro atoms. The summed E-state index contributed by atoms with van der Waals surface area (Å²) in [7, 11) is 0. The van der Waals surface area contributed by atoms with E-state index in [1.54, 1.807) is 41.5 Å². The minimum Gasteiger partial charge on any atom is -0.478 e. The Bertz CT molecular complexity index is 918. The van der Waals surface area contributed by atoms with Gasteiger partial charge in [-0.2, -0.15) is 0 Å². The molecule has 3 amide bonds. The summed E-state index contributed by atoms with van der Waals surface area (Å²) in [5.41, 5.74) is -1.64. The van der Waals surface area contributed by atoms with E-state index in [4.69, 9.17) is 14.2 Å². The first-order valence-corrected chi connectivity index (χ1v) is 14.8. The first-order valence-electron chi connectivity index (χ1n) is 14.8. The molecule has 41 heavy (non-hydrogen) atoms. The Morgan fingerprint density at radius 1 is 0.878 bits per heavy atom. The van der Waals surface area contributed by atoms with Crippen LogP contribution in [0.5, 0.6) is 0 Å². The number of nitrogens with one attached hydrogen (secondary N) is 3. The largest absolute Gasteiger partial charge is 0.478 e. The average molecular weight is 584 g/mol. The van der Waals surface area contributed by atoms with E-state index in [-0.39, 0.29) is 17.6 Å². The molecule has 0 saturated heterocycles. The predicted octanol–water partition coefficient (Wildman–Crippen LogP) is 5.07. The van der Waals surface area contributed by atoms with E-state index in [0.717, 1.165) is 12.8 Å². The van der Waals surface area contributed by atoms with Crippen LogP contribution in [-0.4, -0.2) is 70.7 Å². The molecule has 0 radical (unpaired) electrons. The van der Waals surface area contributed by atoms with Gasteiger partial charge < -0.3 is 35.3 Å². The lowest BCUT2D eigenvalue weighted by Crippen LogP contribution is -2.66. The summed E-state index contributed by atoms with van der Waals surface area (Å²) < 4.78 is 17.4. The van der Waals surface area contributed by atoms with Crippen LogP contribution in [0.2, 0.25) is 0 Å². The smallest absolute Gasteiger partial charge is 0.407 e. The number of carboxylic acids is 1. The maximum absolute atomic E-state index is 13.1. The molecule has 11 heteroatoms. The fourth-order valence-electron chi connectivity index (χ4n) is 4.97. The van der Waals surface area contributed by atoms with Crippen molar-refractivity contribution in [3.05, 3.63) is 11.6 Å². The molecule has 0 aromatic carbocycles. The Hall–Kier alpha value is -2.82. The van der Waals surface area contributed by atoms with Crippen LogP contribution < -0.4 is 16.0 Å². The summed E-state index contributed by atoms with van der Waals surface area (Å²) >= 11 is 0. The van der Waals surface area contributed by atoms with Crippen LogP contribution in [0, 0.1) is 5.92 Å². The van der Waals surface area contributed by atoms with Crippen LogP contribution >= 0.6 is 0 Å². The Balaban J connectivity index is 3.79. The van der Waals surface area contributed by atoms with Crippen LogP contribution in [0.4, 0.5) is 9.59 Å². The first kappa shape index (κ1) is 36.2. The van der Waals surface area contributed by atoms with Crippen molar-refractivity contribution in [1.82, 2.24) is 16.0 Å². The third kappa shape index (κ3) is 12.7. The van der Waals surface area contributed by atoms with Gasteiger partial charge in [-0.3, -0.25) is 4.79 Å². The van der Waals surface area contributed by atoms with Crippen molar-refractivity contribution >= 4 is 24.1 Å². The van der Waals surface area contributed by atoms with Gasteiger partial charge in [-0.15, -0.1) is 0 Å². The van der Waals surface area contributed by atoms with Crippen molar-refractivity contribution in [2.75, 3.05) is 0 Å². The lowest BCUT2D eigenvalue weighted by Gasteiger charge is -2.45. The number of unbranched alkanes of at least 4 members (excludes halogenated alkanes) is 2. The van der Waals surface area contributed by atoms with Crippen LogP contribution in [-0.2, 0) is 23.8 Å². The molecule has 3 unspecified atom stereocenters. The second-order valence-corrected chi connectivity index (χ2v) is 12.6.